The molecule has 0 unspecified atom stereocenters. The Bertz CT molecular complexity index is 383. The second-order valence-electron chi connectivity index (χ2n) is 6.05. The van der Waals surface area contributed by atoms with Gasteiger partial charge in [-0.1, -0.05) is 39.0 Å². The molecule has 0 aliphatic rings. The van der Waals surface area contributed by atoms with E-state index < -0.39 is 20.8 Å². The lowest BCUT2D eigenvalue weighted by atomic mass is 10.1. The van der Waals surface area contributed by atoms with E-state index in [0.717, 1.165) is 0 Å². The maximum Gasteiger partial charge on any atom is 0.294 e. The van der Waals surface area contributed by atoms with Crippen LogP contribution >= 0.6 is 0 Å². The molecule has 1 radical (unpaired) electrons. The zero-order chi connectivity index (χ0) is 14.0. The van der Waals surface area contributed by atoms with Crippen molar-refractivity contribution in [2.45, 2.75) is 44.8 Å². The second kappa shape index (κ2) is 5.09. The Morgan fingerprint density at radius 3 is 2.33 bits per heavy atom. The van der Waals surface area contributed by atoms with Gasteiger partial charge in [0.1, 0.15) is 6.61 Å². The van der Waals surface area contributed by atoms with Gasteiger partial charge in [0.05, 0.1) is 0 Å². The highest BCUT2D eigenvalue weighted by atomic mass is 28.4. The van der Waals surface area contributed by atoms with Crippen molar-refractivity contribution in [2.24, 2.45) is 0 Å². The number of rotatable bonds is 4. The molecule has 0 heterocycles. The van der Waals surface area contributed by atoms with Crippen molar-refractivity contribution in [3.63, 3.8) is 0 Å². The van der Waals surface area contributed by atoms with E-state index in [1.54, 1.807) is 12.1 Å². The van der Waals surface area contributed by atoms with Crippen molar-refractivity contribution in [1.29, 1.82) is 0 Å². The molecule has 1 aromatic carbocycles. The van der Waals surface area contributed by atoms with Gasteiger partial charge in [0.2, 0.25) is 0 Å². The molecule has 1 rings (SSSR count). The van der Waals surface area contributed by atoms with E-state index in [0.29, 0.717) is 0 Å². The van der Waals surface area contributed by atoms with Crippen molar-refractivity contribution in [3.8, 4) is 0 Å². The number of hydrogen-bond donors (Lipinski definition) is 0. The lowest BCUT2D eigenvalue weighted by Crippen LogP contribution is -2.43. The van der Waals surface area contributed by atoms with Crippen LogP contribution in [0.15, 0.2) is 24.3 Å². The minimum Gasteiger partial charge on any atom is -0.410 e. The average molecular weight is 271 g/mol. The van der Waals surface area contributed by atoms with Crippen LogP contribution in [0.5, 0.6) is 0 Å². The van der Waals surface area contributed by atoms with Gasteiger partial charge in [0.25, 0.3) is 5.92 Å². The summed E-state index contributed by atoms with van der Waals surface area (Å²) >= 11 is 0. The van der Waals surface area contributed by atoms with E-state index in [-0.39, 0.29) is 10.6 Å². The molecule has 0 atom stereocenters. The molecule has 101 valence electrons. The Morgan fingerprint density at radius 2 is 1.89 bits per heavy atom. The first-order valence-corrected chi connectivity index (χ1v) is 8.95. The third kappa shape index (κ3) is 3.62. The molecule has 1 nitrogen and oxygen atoms in total. The van der Waals surface area contributed by atoms with Crippen LogP contribution in [0, 0.1) is 6.07 Å². The quantitative estimate of drug-likeness (QED) is 0.727. The predicted octanol–water partition coefficient (Wildman–Crippen LogP) is 4.60. The third-order valence-electron chi connectivity index (χ3n) is 3.55. The Balaban J connectivity index is 2.74. The van der Waals surface area contributed by atoms with Gasteiger partial charge in [-0.3, -0.25) is 0 Å². The Kier molecular flexibility index (Phi) is 4.33. The third-order valence-corrected chi connectivity index (χ3v) is 8.03. The summed E-state index contributed by atoms with van der Waals surface area (Å²) in [4.78, 5) is 0. The maximum absolute atomic E-state index is 14.0. The smallest absolute Gasteiger partial charge is 0.294 e. The van der Waals surface area contributed by atoms with Crippen LogP contribution in [0.4, 0.5) is 8.78 Å². The van der Waals surface area contributed by atoms with Crippen molar-refractivity contribution in [3.05, 3.63) is 35.9 Å². The van der Waals surface area contributed by atoms with Crippen molar-refractivity contribution in [2.75, 3.05) is 6.61 Å². The van der Waals surface area contributed by atoms with Crippen LogP contribution in [0.1, 0.15) is 26.3 Å². The maximum atomic E-state index is 14.0. The van der Waals surface area contributed by atoms with Gasteiger partial charge in [-0.2, -0.15) is 8.78 Å². The second-order valence-corrected chi connectivity index (χ2v) is 10.9. The molecular weight excluding hydrogens is 250 g/mol. The number of benzene rings is 1. The monoisotopic (exact) mass is 271 g/mol. The molecule has 4 heteroatoms. The lowest BCUT2D eigenvalue weighted by Gasteiger charge is -2.37. The number of alkyl halides is 2. The van der Waals surface area contributed by atoms with Gasteiger partial charge >= 0.3 is 0 Å². The normalized spacial score (nSPS) is 13.7. The first kappa shape index (κ1) is 15.3. The van der Waals surface area contributed by atoms with Gasteiger partial charge in [0.15, 0.2) is 8.32 Å². The molecule has 1 aromatic rings. The Morgan fingerprint density at radius 1 is 1.28 bits per heavy atom. The van der Waals surface area contributed by atoms with Gasteiger partial charge in [-0.15, -0.1) is 0 Å². The van der Waals surface area contributed by atoms with Gasteiger partial charge in [0, 0.05) is 5.56 Å². The van der Waals surface area contributed by atoms with Crippen molar-refractivity contribution in [1.82, 2.24) is 0 Å². The molecule has 0 aliphatic carbocycles. The molecule has 0 aromatic heterocycles. The van der Waals surface area contributed by atoms with Crippen LogP contribution in [-0.4, -0.2) is 14.9 Å². The summed E-state index contributed by atoms with van der Waals surface area (Å²) in [6, 6.07) is 8.56. The van der Waals surface area contributed by atoms with E-state index >= 15 is 0 Å². The summed E-state index contributed by atoms with van der Waals surface area (Å²) in [6.07, 6.45) is 0. The topological polar surface area (TPSA) is 9.23 Å². The summed E-state index contributed by atoms with van der Waals surface area (Å²) < 4.78 is 33.5. The molecular formula is C14H21F2OSi. The summed E-state index contributed by atoms with van der Waals surface area (Å²) in [5.74, 6) is -2.95. The molecule has 0 saturated heterocycles. The predicted molar refractivity (Wildman–Crippen MR) is 72.3 cm³/mol. The first-order chi connectivity index (χ1) is 8.06. The van der Waals surface area contributed by atoms with Crippen molar-refractivity contribution >= 4 is 8.32 Å². The van der Waals surface area contributed by atoms with Crippen LogP contribution in [0.2, 0.25) is 18.1 Å². The molecule has 0 bridgehead atoms. The minimum atomic E-state index is -2.95. The van der Waals surface area contributed by atoms with Crippen LogP contribution in [0.25, 0.3) is 0 Å². The fourth-order valence-corrected chi connectivity index (χ4v) is 2.17. The van der Waals surface area contributed by atoms with Gasteiger partial charge < -0.3 is 4.43 Å². The largest absolute Gasteiger partial charge is 0.410 e. The zero-order valence-corrected chi connectivity index (χ0v) is 12.7. The number of halogens is 2. The summed E-state index contributed by atoms with van der Waals surface area (Å²) in [7, 11) is -2.14. The Labute approximate surface area is 109 Å². The fourth-order valence-electron chi connectivity index (χ4n) is 1.19. The molecule has 0 N–H and O–H groups in total. The van der Waals surface area contributed by atoms with Crippen molar-refractivity contribution < 1.29 is 13.2 Å². The highest BCUT2D eigenvalue weighted by molar-refractivity contribution is 6.74. The molecule has 0 saturated carbocycles. The minimum absolute atomic E-state index is 0.0382. The van der Waals surface area contributed by atoms with Crippen LogP contribution in [0.3, 0.4) is 0 Å². The average Bonchev–Trinajstić information content (AvgIpc) is 2.26. The van der Waals surface area contributed by atoms with E-state index in [2.05, 4.69) is 6.07 Å². The highest BCUT2D eigenvalue weighted by Gasteiger charge is 2.41. The molecule has 0 aliphatic heterocycles. The number of hydrogen-bond acceptors (Lipinski definition) is 1. The van der Waals surface area contributed by atoms with Gasteiger partial charge in [-0.05, 0) is 30.3 Å². The SMILES string of the molecule is CC(C)(C)[Si](C)(C)OCC(F)(F)c1c[c]ccc1. The first-order valence-electron chi connectivity index (χ1n) is 6.05. The highest BCUT2D eigenvalue weighted by Crippen LogP contribution is 2.38. The molecule has 0 spiro atoms. The van der Waals surface area contributed by atoms with E-state index in [9.17, 15) is 8.78 Å². The van der Waals surface area contributed by atoms with E-state index in [4.69, 9.17) is 4.43 Å². The van der Waals surface area contributed by atoms with Crippen LogP contribution in [-0.2, 0) is 10.3 Å². The van der Waals surface area contributed by atoms with Crippen LogP contribution < -0.4 is 0 Å². The molecule has 0 fully saturated rings. The van der Waals surface area contributed by atoms with E-state index in [1.807, 2.05) is 33.9 Å². The molecule has 0 amide bonds. The van der Waals surface area contributed by atoms with Gasteiger partial charge in [-0.25, -0.2) is 0 Å². The molecule has 18 heavy (non-hydrogen) atoms. The fraction of sp³-hybridized carbons (Fsp3) is 0.571. The standard InChI is InChI=1S/C14H21F2OSi/c1-13(2,3)18(4,5)17-11-14(15,16)12-9-7-6-8-10-12/h6-7,9-10H,11H2,1-5H3. The Hall–Kier alpha value is -0.743. The summed E-state index contributed by atoms with van der Waals surface area (Å²) in [6.45, 7) is 9.50. The lowest BCUT2D eigenvalue weighted by molar-refractivity contribution is -0.0508. The summed E-state index contributed by atoms with van der Waals surface area (Å²) in [5, 5.41) is -0.0636. The zero-order valence-electron chi connectivity index (χ0n) is 11.7. The van der Waals surface area contributed by atoms with E-state index in [1.165, 1.54) is 12.1 Å². The summed E-state index contributed by atoms with van der Waals surface area (Å²) in [5.41, 5.74) is -0.0382.